The van der Waals surface area contributed by atoms with Crippen molar-refractivity contribution in [1.82, 2.24) is 19.7 Å². The summed E-state index contributed by atoms with van der Waals surface area (Å²) in [5, 5.41) is 7.40. The van der Waals surface area contributed by atoms with E-state index in [0.29, 0.717) is 22.6 Å². The van der Waals surface area contributed by atoms with E-state index in [0.717, 1.165) is 44.6 Å². The van der Waals surface area contributed by atoms with Crippen molar-refractivity contribution >= 4 is 18.1 Å². The Morgan fingerprint density at radius 1 is 1.17 bits per heavy atom. The second kappa shape index (κ2) is 7.16. The normalized spacial score (nSPS) is 21.1. The van der Waals surface area contributed by atoms with Gasteiger partial charge in [-0.05, 0) is 51.7 Å². The van der Waals surface area contributed by atoms with Gasteiger partial charge in [-0.2, -0.15) is 5.10 Å². The molecule has 0 radical (unpaired) electrons. The fraction of sp³-hybridized carbons (Fsp3) is 0.824. The van der Waals surface area contributed by atoms with Crippen LogP contribution in [0.4, 0.5) is 0 Å². The lowest BCUT2D eigenvalue weighted by molar-refractivity contribution is -0.137. The summed E-state index contributed by atoms with van der Waals surface area (Å²) in [5.74, 6) is 2.15. The van der Waals surface area contributed by atoms with E-state index < -0.39 is 0 Å². The van der Waals surface area contributed by atoms with Crippen molar-refractivity contribution in [3.63, 3.8) is 0 Å². The minimum Gasteiger partial charge on any atom is -0.342 e. The van der Waals surface area contributed by atoms with Crippen LogP contribution in [0.1, 0.15) is 76.6 Å². The fourth-order valence-corrected chi connectivity index (χ4v) is 4.42. The maximum atomic E-state index is 12.7. The number of carbonyl (C=O) groups excluding carboxylic acids is 1. The first-order valence-electron chi connectivity index (χ1n) is 9.03. The number of amides is 1. The monoisotopic (exact) mass is 336 g/mol. The molecule has 1 saturated heterocycles. The summed E-state index contributed by atoms with van der Waals surface area (Å²) in [5.41, 5.74) is 0. The molecule has 1 aromatic heterocycles. The Labute approximate surface area is 143 Å². The molecule has 2 aliphatic rings. The lowest BCUT2D eigenvalue weighted by atomic mass is 9.87. The van der Waals surface area contributed by atoms with Gasteiger partial charge in [0.05, 0.1) is 0 Å². The third-order valence-corrected chi connectivity index (χ3v) is 5.66. The second-order valence-electron chi connectivity index (χ2n) is 7.29. The van der Waals surface area contributed by atoms with Crippen LogP contribution in [-0.2, 0) is 4.79 Å². The molecule has 0 aromatic carbocycles. The highest BCUT2D eigenvalue weighted by Gasteiger charge is 2.31. The maximum absolute atomic E-state index is 12.7. The number of aromatic amines is 1. The van der Waals surface area contributed by atoms with E-state index in [2.05, 4.69) is 33.5 Å². The topological polar surface area (TPSA) is 53.9 Å². The Bertz CT molecular complexity index is 592. The van der Waals surface area contributed by atoms with E-state index in [4.69, 9.17) is 12.2 Å². The Morgan fingerprint density at radius 2 is 1.83 bits per heavy atom. The van der Waals surface area contributed by atoms with E-state index >= 15 is 0 Å². The van der Waals surface area contributed by atoms with Gasteiger partial charge in [-0.3, -0.25) is 9.89 Å². The van der Waals surface area contributed by atoms with Gasteiger partial charge in [-0.25, -0.2) is 0 Å². The zero-order valence-electron chi connectivity index (χ0n) is 14.3. The van der Waals surface area contributed by atoms with Crippen molar-refractivity contribution < 1.29 is 4.79 Å². The molecule has 1 N–H and O–H groups in total. The van der Waals surface area contributed by atoms with Crippen molar-refractivity contribution in [2.24, 2.45) is 5.92 Å². The highest BCUT2D eigenvalue weighted by atomic mass is 32.1. The van der Waals surface area contributed by atoms with E-state index in [1.165, 1.54) is 19.3 Å². The summed E-state index contributed by atoms with van der Waals surface area (Å²) in [6.07, 6.45) is 7.89. The number of piperidine rings is 1. The quantitative estimate of drug-likeness (QED) is 0.854. The van der Waals surface area contributed by atoms with Gasteiger partial charge in [0.25, 0.3) is 0 Å². The van der Waals surface area contributed by atoms with Crippen LogP contribution < -0.4 is 0 Å². The number of aromatic nitrogens is 3. The van der Waals surface area contributed by atoms with Gasteiger partial charge in [0.15, 0.2) is 4.77 Å². The molecule has 3 rings (SSSR count). The number of carbonyl (C=O) groups is 1. The van der Waals surface area contributed by atoms with Crippen molar-refractivity contribution in [3.05, 3.63) is 10.6 Å². The Hall–Kier alpha value is -1.17. The molecular formula is C17H28N4OS. The lowest BCUT2D eigenvalue weighted by Gasteiger charge is -2.35. The minimum atomic E-state index is 0.283. The van der Waals surface area contributed by atoms with Crippen LogP contribution in [-0.4, -0.2) is 38.7 Å². The number of hydrogen-bond acceptors (Lipinski definition) is 3. The van der Waals surface area contributed by atoms with Crippen molar-refractivity contribution in [1.29, 1.82) is 0 Å². The zero-order chi connectivity index (χ0) is 16.4. The largest absolute Gasteiger partial charge is 0.342 e. The summed E-state index contributed by atoms with van der Waals surface area (Å²) in [6, 6.07) is 0.318. The first-order valence-corrected chi connectivity index (χ1v) is 9.44. The third-order valence-electron chi connectivity index (χ3n) is 5.37. The molecule has 1 saturated carbocycles. The highest BCUT2D eigenvalue weighted by Crippen LogP contribution is 2.31. The molecule has 0 atom stereocenters. The Kier molecular flexibility index (Phi) is 5.19. The van der Waals surface area contributed by atoms with Gasteiger partial charge in [0.1, 0.15) is 5.82 Å². The van der Waals surface area contributed by atoms with Crippen molar-refractivity contribution in [3.8, 4) is 0 Å². The van der Waals surface area contributed by atoms with Gasteiger partial charge in [-0.1, -0.05) is 19.3 Å². The molecule has 2 heterocycles. The average Bonchev–Trinajstić information content (AvgIpc) is 2.97. The molecule has 0 unspecified atom stereocenters. The predicted octanol–water partition coefficient (Wildman–Crippen LogP) is 3.81. The molecule has 5 nitrogen and oxygen atoms in total. The summed E-state index contributed by atoms with van der Waals surface area (Å²) >= 11 is 5.35. The molecule has 23 heavy (non-hydrogen) atoms. The van der Waals surface area contributed by atoms with E-state index in [9.17, 15) is 4.79 Å². The lowest BCUT2D eigenvalue weighted by Crippen LogP contribution is -2.42. The Balaban J connectivity index is 1.62. The number of nitrogens with one attached hydrogen (secondary N) is 1. The maximum Gasteiger partial charge on any atom is 0.225 e. The van der Waals surface area contributed by atoms with Crippen LogP contribution >= 0.6 is 12.2 Å². The summed E-state index contributed by atoms with van der Waals surface area (Å²) < 4.78 is 2.83. The van der Waals surface area contributed by atoms with Gasteiger partial charge >= 0.3 is 0 Å². The summed E-state index contributed by atoms with van der Waals surface area (Å²) in [4.78, 5) is 14.7. The van der Waals surface area contributed by atoms with Gasteiger partial charge < -0.3 is 9.47 Å². The van der Waals surface area contributed by atoms with Crippen LogP contribution in [0.15, 0.2) is 0 Å². The van der Waals surface area contributed by atoms with E-state index in [1.807, 2.05) is 0 Å². The van der Waals surface area contributed by atoms with Crippen LogP contribution in [0.5, 0.6) is 0 Å². The molecular weight excluding hydrogens is 308 g/mol. The predicted molar refractivity (Wildman–Crippen MR) is 92.9 cm³/mol. The standard InChI is InChI=1S/C17H28N4OS/c1-12(2)21-15(18-19-17(21)23)13-8-10-20(11-9-13)16(22)14-6-4-3-5-7-14/h12-14H,3-11H2,1-2H3,(H,19,23). The minimum absolute atomic E-state index is 0.283. The number of hydrogen-bond donors (Lipinski definition) is 1. The SMILES string of the molecule is CC(C)n1c(C2CCN(C(=O)C3CCCCC3)CC2)n[nH]c1=S. The summed E-state index contributed by atoms with van der Waals surface area (Å²) in [6.45, 7) is 5.99. The molecule has 0 bridgehead atoms. The highest BCUT2D eigenvalue weighted by molar-refractivity contribution is 7.71. The molecule has 0 spiro atoms. The van der Waals surface area contributed by atoms with Gasteiger partial charge in [0.2, 0.25) is 5.91 Å². The first-order chi connectivity index (χ1) is 11.1. The van der Waals surface area contributed by atoms with Crippen molar-refractivity contribution in [2.45, 2.75) is 70.8 Å². The van der Waals surface area contributed by atoms with Crippen LogP contribution in [0.2, 0.25) is 0 Å². The zero-order valence-corrected chi connectivity index (χ0v) is 15.1. The number of H-pyrrole nitrogens is 1. The third kappa shape index (κ3) is 3.52. The fourth-order valence-electron chi connectivity index (χ4n) is 4.07. The smallest absolute Gasteiger partial charge is 0.225 e. The molecule has 1 aliphatic heterocycles. The molecule has 1 aromatic rings. The second-order valence-corrected chi connectivity index (χ2v) is 7.67. The van der Waals surface area contributed by atoms with E-state index in [-0.39, 0.29) is 5.92 Å². The Morgan fingerprint density at radius 3 is 2.43 bits per heavy atom. The van der Waals surface area contributed by atoms with E-state index in [1.54, 1.807) is 0 Å². The number of nitrogens with zero attached hydrogens (tertiary/aromatic N) is 3. The van der Waals surface area contributed by atoms with Gasteiger partial charge in [-0.15, -0.1) is 0 Å². The van der Waals surface area contributed by atoms with Crippen molar-refractivity contribution in [2.75, 3.05) is 13.1 Å². The van der Waals surface area contributed by atoms with Gasteiger partial charge in [0, 0.05) is 31.0 Å². The number of likely N-dealkylation sites (tertiary alicyclic amines) is 1. The molecule has 2 fully saturated rings. The molecule has 1 aliphatic carbocycles. The molecule has 128 valence electrons. The average molecular weight is 337 g/mol. The summed E-state index contributed by atoms with van der Waals surface area (Å²) in [7, 11) is 0. The number of rotatable bonds is 3. The molecule has 1 amide bonds. The van der Waals surface area contributed by atoms with Crippen LogP contribution in [0.3, 0.4) is 0 Å². The molecule has 6 heteroatoms. The van der Waals surface area contributed by atoms with Crippen LogP contribution in [0.25, 0.3) is 0 Å². The van der Waals surface area contributed by atoms with Crippen LogP contribution in [0, 0.1) is 10.7 Å². The first kappa shape index (κ1) is 16.7.